The van der Waals surface area contributed by atoms with Crippen LogP contribution in [-0.2, 0) is 6.42 Å². The van der Waals surface area contributed by atoms with Gasteiger partial charge in [-0.2, -0.15) is 0 Å². The smallest absolute Gasteiger partial charge is 0.0102 e. The fraction of sp³-hybridized carbons (Fsp3) is 0.636. The summed E-state index contributed by atoms with van der Waals surface area (Å²) in [7, 11) is 0. The molecular formula is C11H20S. The van der Waals surface area contributed by atoms with Gasteiger partial charge in [0.25, 0.3) is 0 Å². The standard InChI is InChI=1S/C9H14S.C2H6/c1-4-8-5-6-10-9(8)7(2)3;1-2/h5-7H,4H2,1-3H3;1-2H3. The van der Waals surface area contributed by atoms with Crippen molar-refractivity contribution >= 4 is 11.3 Å². The van der Waals surface area contributed by atoms with Crippen molar-refractivity contribution in [3.63, 3.8) is 0 Å². The van der Waals surface area contributed by atoms with Crippen LogP contribution in [0.4, 0.5) is 0 Å². The molecule has 1 heteroatoms. The average Bonchev–Trinajstić information content (AvgIpc) is 2.55. The van der Waals surface area contributed by atoms with E-state index in [1.807, 2.05) is 25.2 Å². The SMILES string of the molecule is CC.CCc1ccsc1C(C)C. The third-order valence-electron chi connectivity index (χ3n) is 1.69. The van der Waals surface area contributed by atoms with E-state index in [2.05, 4.69) is 32.2 Å². The highest BCUT2D eigenvalue weighted by molar-refractivity contribution is 7.10. The third kappa shape index (κ3) is 2.98. The highest BCUT2D eigenvalue weighted by atomic mass is 32.1. The fourth-order valence-corrected chi connectivity index (χ4v) is 2.16. The Morgan fingerprint density at radius 1 is 1.33 bits per heavy atom. The molecule has 0 unspecified atom stereocenters. The van der Waals surface area contributed by atoms with E-state index in [4.69, 9.17) is 0 Å². The molecule has 0 aliphatic rings. The molecule has 0 nitrogen and oxygen atoms in total. The highest BCUT2D eigenvalue weighted by Crippen LogP contribution is 2.25. The summed E-state index contributed by atoms with van der Waals surface area (Å²) in [6.45, 7) is 10.7. The molecule has 70 valence electrons. The summed E-state index contributed by atoms with van der Waals surface area (Å²) in [5.41, 5.74) is 1.53. The molecule has 0 aliphatic heterocycles. The number of thiophene rings is 1. The van der Waals surface area contributed by atoms with Crippen molar-refractivity contribution < 1.29 is 0 Å². The zero-order valence-corrected chi connectivity index (χ0v) is 9.66. The van der Waals surface area contributed by atoms with Gasteiger partial charge in [-0.05, 0) is 29.3 Å². The lowest BCUT2D eigenvalue weighted by Gasteiger charge is -2.03. The molecule has 0 saturated carbocycles. The average molecular weight is 184 g/mol. The summed E-state index contributed by atoms with van der Waals surface area (Å²) in [5.74, 6) is 0.704. The Balaban J connectivity index is 0.000000561. The third-order valence-corrected chi connectivity index (χ3v) is 2.95. The Kier molecular flexibility index (Phi) is 6.09. The molecule has 0 fully saturated rings. The summed E-state index contributed by atoms with van der Waals surface area (Å²) in [6.07, 6.45) is 1.18. The predicted molar refractivity (Wildman–Crippen MR) is 59.1 cm³/mol. The first-order chi connectivity index (χ1) is 5.75. The number of hydrogen-bond acceptors (Lipinski definition) is 1. The second-order valence-corrected chi connectivity index (χ2v) is 3.77. The van der Waals surface area contributed by atoms with Gasteiger partial charge in [0, 0.05) is 4.88 Å². The van der Waals surface area contributed by atoms with E-state index in [1.165, 1.54) is 12.0 Å². The maximum absolute atomic E-state index is 2.25. The van der Waals surface area contributed by atoms with E-state index >= 15 is 0 Å². The Morgan fingerprint density at radius 3 is 2.25 bits per heavy atom. The van der Waals surface area contributed by atoms with E-state index in [-0.39, 0.29) is 0 Å². The second kappa shape index (κ2) is 6.24. The Morgan fingerprint density at radius 2 is 1.92 bits per heavy atom. The van der Waals surface area contributed by atoms with E-state index in [1.54, 1.807) is 4.88 Å². The summed E-state index contributed by atoms with van der Waals surface area (Å²) in [5, 5.41) is 2.19. The maximum Gasteiger partial charge on any atom is 0.0102 e. The van der Waals surface area contributed by atoms with Gasteiger partial charge in [-0.3, -0.25) is 0 Å². The van der Waals surface area contributed by atoms with E-state index in [0.717, 1.165) is 0 Å². The maximum atomic E-state index is 2.25. The topological polar surface area (TPSA) is 0 Å². The molecule has 0 saturated heterocycles. The van der Waals surface area contributed by atoms with Crippen LogP contribution in [0, 0.1) is 0 Å². The molecule has 1 rings (SSSR count). The van der Waals surface area contributed by atoms with Crippen LogP contribution in [0.15, 0.2) is 11.4 Å². The van der Waals surface area contributed by atoms with Gasteiger partial charge in [0.1, 0.15) is 0 Å². The van der Waals surface area contributed by atoms with Crippen molar-refractivity contribution in [2.24, 2.45) is 0 Å². The summed E-state index contributed by atoms with van der Waals surface area (Å²) >= 11 is 1.88. The van der Waals surface area contributed by atoms with Gasteiger partial charge in [-0.25, -0.2) is 0 Å². The van der Waals surface area contributed by atoms with Crippen molar-refractivity contribution in [1.29, 1.82) is 0 Å². The lowest BCUT2D eigenvalue weighted by molar-refractivity contribution is 0.870. The molecule has 1 heterocycles. The normalized spacial score (nSPS) is 9.50. The monoisotopic (exact) mass is 184 g/mol. The van der Waals surface area contributed by atoms with E-state index < -0.39 is 0 Å². The molecular weight excluding hydrogens is 164 g/mol. The molecule has 0 atom stereocenters. The van der Waals surface area contributed by atoms with Crippen LogP contribution in [0.2, 0.25) is 0 Å². The molecule has 0 bridgehead atoms. The zero-order valence-electron chi connectivity index (χ0n) is 8.85. The van der Waals surface area contributed by atoms with Crippen LogP contribution in [0.5, 0.6) is 0 Å². The van der Waals surface area contributed by atoms with Gasteiger partial charge in [0.15, 0.2) is 0 Å². The van der Waals surface area contributed by atoms with Gasteiger partial charge in [0.05, 0.1) is 0 Å². The van der Waals surface area contributed by atoms with Crippen LogP contribution in [-0.4, -0.2) is 0 Å². The first-order valence-corrected chi connectivity index (χ1v) is 5.70. The van der Waals surface area contributed by atoms with Crippen LogP contribution in [0.3, 0.4) is 0 Å². The van der Waals surface area contributed by atoms with E-state index in [9.17, 15) is 0 Å². The van der Waals surface area contributed by atoms with Crippen LogP contribution in [0.1, 0.15) is 51.0 Å². The molecule has 0 N–H and O–H groups in total. The zero-order chi connectivity index (χ0) is 9.56. The molecule has 0 amide bonds. The predicted octanol–water partition coefficient (Wildman–Crippen LogP) is 4.46. The first-order valence-electron chi connectivity index (χ1n) is 4.82. The number of aryl methyl sites for hydroxylation is 1. The van der Waals surface area contributed by atoms with Gasteiger partial charge < -0.3 is 0 Å². The van der Waals surface area contributed by atoms with Gasteiger partial charge in [-0.1, -0.05) is 34.6 Å². The van der Waals surface area contributed by atoms with Crippen molar-refractivity contribution in [2.45, 2.75) is 47.0 Å². The van der Waals surface area contributed by atoms with Crippen molar-refractivity contribution in [2.75, 3.05) is 0 Å². The fourth-order valence-electron chi connectivity index (χ4n) is 1.15. The van der Waals surface area contributed by atoms with Crippen molar-refractivity contribution in [3.8, 4) is 0 Å². The molecule has 0 radical (unpaired) electrons. The molecule has 1 aromatic heterocycles. The minimum atomic E-state index is 0.704. The summed E-state index contributed by atoms with van der Waals surface area (Å²) in [6, 6.07) is 2.24. The number of hydrogen-bond donors (Lipinski definition) is 0. The Labute approximate surface area is 80.6 Å². The van der Waals surface area contributed by atoms with Crippen molar-refractivity contribution in [1.82, 2.24) is 0 Å². The van der Waals surface area contributed by atoms with Crippen LogP contribution in [0.25, 0.3) is 0 Å². The molecule has 12 heavy (non-hydrogen) atoms. The van der Waals surface area contributed by atoms with Crippen molar-refractivity contribution in [3.05, 3.63) is 21.9 Å². The van der Waals surface area contributed by atoms with Gasteiger partial charge in [0.2, 0.25) is 0 Å². The lowest BCUT2D eigenvalue weighted by Crippen LogP contribution is -1.87. The Bertz CT molecular complexity index is 199. The summed E-state index contributed by atoms with van der Waals surface area (Å²) in [4.78, 5) is 1.56. The quantitative estimate of drug-likeness (QED) is 0.636. The highest BCUT2D eigenvalue weighted by Gasteiger charge is 2.04. The molecule has 0 aliphatic carbocycles. The number of rotatable bonds is 2. The largest absolute Gasteiger partial charge is 0.148 e. The van der Waals surface area contributed by atoms with Gasteiger partial charge >= 0.3 is 0 Å². The van der Waals surface area contributed by atoms with E-state index in [0.29, 0.717) is 5.92 Å². The Hall–Kier alpha value is -0.300. The molecule has 0 spiro atoms. The minimum Gasteiger partial charge on any atom is -0.148 e. The van der Waals surface area contributed by atoms with Crippen LogP contribution >= 0.6 is 11.3 Å². The minimum absolute atomic E-state index is 0.704. The first kappa shape index (κ1) is 11.7. The second-order valence-electron chi connectivity index (χ2n) is 2.82. The summed E-state index contributed by atoms with van der Waals surface area (Å²) < 4.78 is 0. The molecule has 1 aromatic rings. The molecule has 0 aromatic carbocycles. The van der Waals surface area contributed by atoms with Crippen LogP contribution < -0.4 is 0 Å². The van der Waals surface area contributed by atoms with Gasteiger partial charge in [-0.15, -0.1) is 11.3 Å². The lowest BCUT2D eigenvalue weighted by atomic mass is 10.1.